The van der Waals surface area contributed by atoms with Gasteiger partial charge < -0.3 is 15.0 Å². The highest BCUT2D eigenvalue weighted by molar-refractivity contribution is 4.76. The average Bonchev–Trinajstić information content (AvgIpc) is 2.26. The first-order valence-corrected chi connectivity index (χ1v) is 6.90. The zero-order valence-corrected chi connectivity index (χ0v) is 12.7. The van der Waals surface area contributed by atoms with Crippen LogP contribution in [0.3, 0.4) is 0 Å². The van der Waals surface area contributed by atoms with Gasteiger partial charge in [-0.05, 0) is 67.2 Å². The molecule has 0 aliphatic heterocycles. The van der Waals surface area contributed by atoms with Crippen LogP contribution in [0.4, 0.5) is 0 Å². The summed E-state index contributed by atoms with van der Waals surface area (Å²) >= 11 is 0. The van der Waals surface area contributed by atoms with E-state index in [1.807, 2.05) is 0 Å². The molecule has 0 radical (unpaired) electrons. The van der Waals surface area contributed by atoms with E-state index >= 15 is 0 Å². The topological polar surface area (TPSA) is 24.5 Å². The standard InChI is InChI=1S/C14H32N2O/c1-7-10-15-11-8-9-13(2)17-12-14(3,4)16(5)6/h13,15H,7-12H2,1-6H3. The molecule has 0 heterocycles. The van der Waals surface area contributed by atoms with Gasteiger partial charge in [-0.1, -0.05) is 6.92 Å². The van der Waals surface area contributed by atoms with E-state index in [0.29, 0.717) is 6.10 Å². The van der Waals surface area contributed by atoms with Crippen molar-refractivity contribution < 1.29 is 4.74 Å². The molecule has 1 N–H and O–H groups in total. The van der Waals surface area contributed by atoms with Crippen LogP contribution in [0.25, 0.3) is 0 Å². The summed E-state index contributed by atoms with van der Waals surface area (Å²) in [5.41, 5.74) is 0.120. The van der Waals surface area contributed by atoms with Crippen LogP contribution < -0.4 is 5.32 Å². The lowest BCUT2D eigenvalue weighted by atomic mass is 10.1. The Kier molecular flexibility index (Phi) is 8.83. The van der Waals surface area contributed by atoms with Crippen molar-refractivity contribution in [1.29, 1.82) is 0 Å². The molecule has 0 saturated heterocycles. The lowest BCUT2D eigenvalue weighted by Crippen LogP contribution is -2.43. The van der Waals surface area contributed by atoms with Crippen molar-refractivity contribution in [3.8, 4) is 0 Å². The molecule has 104 valence electrons. The van der Waals surface area contributed by atoms with E-state index in [4.69, 9.17) is 4.74 Å². The van der Waals surface area contributed by atoms with Crippen molar-refractivity contribution in [2.45, 2.75) is 58.6 Å². The Morgan fingerprint density at radius 2 is 1.88 bits per heavy atom. The van der Waals surface area contributed by atoms with Crippen molar-refractivity contribution >= 4 is 0 Å². The van der Waals surface area contributed by atoms with Gasteiger partial charge in [0.1, 0.15) is 0 Å². The van der Waals surface area contributed by atoms with Crippen LogP contribution in [-0.2, 0) is 4.74 Å². The van der Waals surface area contributed by atoms with Crippen molar-refractivity contribution in [2.24, 2.45) is 0 Å². The third-order valence-corrected chi connectivity index (χ3v) is 3.32. The van der Waals surface area contributed by atoms with Crippen molar-refractivity contribution in [3.63, 3.8) is 0 Å². The number of hydrogen-bond acceptors (Lipinski definition) is 3. The summed E-state index contributed by atoms with van der Waals surface area (Å²) in [6, 6.07) is 0. The molecule has 0 saturated carbocycles. The van der Waals surface area contributed by atoms with Gasteiger partial charge in [-0.25, -0.2) is 0 Å². The van der Waals surface area contributed by atoms with E-state index in [-0.39, 0.29) is 5.54 Å². The second-order valence-electron chi connectivity index (χ2n) is 5.72. The van der Waals surface area contributed by atoms with Crippen LogP contribution in [0.1, 0.15) is 47.0 Å². The second-order valence-corrected chi connectivity index (χ2v) is 5.72. The maximum absolute atomic E-state index is 5.91. The Balaban J connectivity index is 3.56. The summed E-state index contributed by atoms with van der Waals surface area (Å²) < 4.78 is 5.91. The van der Waals surface area contributed by atoms with Gasteiger partial charge in [0.15, 0.2) is 0 Å². The van der Waals surface area contributed by atoms with Gasteiger partial charge >= 0.3 is 0 Å². The summed E-state index contributed by atoms with van der Waals surface area (Å²) in [7, 11) is 4.20. The minimum absolute atomic E-state index is 0.120. The summed E-state index contributed by atoms with van der Waals surface area (Å²) in [6.07, 6.45) is 3.91. The number of likely N-dealkylation sites (N-methyl/N-ethyl adjacent to an activating group) is 1. The van der Waals surface area contributed by atoms with Crippen LogP contribution in [0.15, 0.2) is 0 Å². The maximum atomic E-state index is 5.91. The number of hydrogen-bond donors (Lipinski definition) is 1. The number of rotatable bonds is 10. The minimum atomic E-state index is 0.120. The fourth-order valence-electron chi connectivity index (χ4n) is 1.37. The Hall–Kier alpha value is -0.120. The third-order valence-electron chi connectivity index (χ3n) is 3.32. The molecule has 3 heteroatoms. The summed E-state index contributed by atoms with van der Waals surface area (Å²) in [4.78, 5) is 2.21. The largest absolute Gasteiger partial charge is 0.377 e. The first kappa shape index (κ1) is 16.9. The highest BCUT2D eigenvalue weighted by atomic mass is 16.5. The molecule has 1 unspecified atom stereocenters. The van der Waals surface area contributed by atoms with E-state index in [1.54, 1.807) is 0 Å². The van der Waals surface area contributed by atoms with Crippen molar-refractivity contribution in [2.75, 3.05) is 33.8 Å². The normalized spacial score (nSPS) is 14.3. The molecule has 1 atom stereocenters. The van der Waals surface area contributed by atoms with Crippen LogP contribution >= 0.6 is 0 Å². The predicted octanol–water partition coefficient (Wildman–Crippen LogP) is 2.51. The quantitative estimate of drug-likeness (QED) is 0.598. The van der Waals surface area contributed by atoms with Gasteiger partial charge in [0, 0.05) is 5.54 Å². The fraction of sp³-hybridized carbons (Fsp3) is 1.00. The van der Waals surface area contributed by atoms with Crippen LogP contribution in [-0.4, -0.2) is 50.3 Å². The highest BCUT2D eigenvalue weighted by Crippen LogP contribution is 2.12. The first-order chi connectivity index (χ1) is 7.90. The fourth-order valence-corrected chi connectivity index (χ4v) is 1.37. The van der Waals surface area contributed by atoms with Crippen molar-refractivity contribution in [1.82, 2.24) is 10.2 Å². The number of nitrogens with zero attached hydrogens (tertiary/aromatic N) is 1. The first-order valence-electron chi connectivity index (χ1n) is 6.90. The molecule has 0 aliphatic rings. The zero-order chi connectivity index (χ0) is 13.3. The molecular weight excluding hydrogens is 212 g/mol. The molecule has 3 nitrogen and oxygen atoms in total. The molecule has 0 rings (SSSR count). The zero-order valence-electron chi connectivity index (χ0n) is 12.7. The molecular formula is C14H32N2O. The van der Waals surface area contributed by atoms with Gasteiger partial charge in [-0.2, -0.15) is 0 Å². The SMILES string of the molecule is CCCNCCCC(C)OCC(C)(C)N(C)C. The molecule has 0 aromatic heterocycles. The molecule has 0 aromatic carbocycles. The van der Waals surface area contributed by atoms with Gasteiger partial charge in [0.05, 0.1) is 12.7 Å². The van der Waals surface area contributed by atoms with Gasteiger partial charge in [-0.15, -0.1) is 0 Å². The Bertz CT molecular complexity index is 181. The lowest BCUT2D eigenvalue weighted by molar-refractivity contribution is -0.00741. The second kappa shape index (κ2) is 8.90. The average molecular weight is 244 g/mol. The highest BCUT2D eigenvalue weighted by Gasteiger charge is 2.21. The molecule has 0 aliphatic carbocycles. The maximum Gasteiger partial charge on any atom is 0.0648 e. The van der Waals surface area contributed by atoms with Crippen LogP contribution in [0, 0.1) is 0 Å². The van der Waals surface area contributed by atoms with Crippen LogP contribution in [0.2, 0.25) is 0 Å². The van der Waals surface area contributed by atoms with E-state index in [1.165, 1.54) is 12.8 Å². The number of ether oxygens (including phenoxy) is 1. The Morgan fingerprint density at radius 3 is 2.41 bits per heavy atom. The van der Waals surface area contributed by atoms with E-state index < -0.39 is 0 Å². The predicted molar refractivity (Wildman–Crippen MR) is 75.6 cm³/mol. The summed E-state index contributed by atoms with van der Waals surface area (Å²) in [6.45, 7) is 11.8. The number of nitrogens with one attached hydrogen (secondary N) is 1. The van der Waals surface area contributed by atoms with E-state index in [2.05, 4.69) is 52.0 Å². The van der Waals surface area contributed by atoms with Gasteiger partial charge in [-0.3, -0.25) is 0 Å². The molecule has 17 heavy (non-hydrogen) atoms. The molecule has 0 fully saturated rings. The summed E-state index contributed by atoms with van der Waals surface area (Å²) in [5, 5.41) is 3.42. The van der Waals surface area contributed by atoms with E-state index in [0.717, 1.165) is 26.1 Å². The summed E-state index contributed by atoms with van der Waals surface area (Å²) in [5.74, 6) is 0. The van der Waals surface area contributed by atoms with Gasteiger partial charge in [0.25, 0.3) is 0 Å². The monoisotopic (exact) mass is 244 g/mol. The molecule has 0 spiro atoms. The van der Waals surface area contributed by atoms with E-state index in [9.17, 15) is 0 Å². The molecule has 0 bridgehead atoms. The smallest absolute Gasteiger partial charge is 0.0648 e. The molecule has 0 amide bonds. The third kappa shape index (κ3) is 8.58. The minimum Gasteiger partial charge on any atom is -0.377 e. The van der Waals surface area contributed by atoms with Crippen molar-refractivity contribution in [3.05, 3.63) is 0 Å². The lowest BCUT2D eigenvalue weighted by Gasteiger charge is -2.33. The van der Waals surface area contributed by atoms with Crippen LogP contribution in [0.5, 0.6) is 0 Å². The Labute approximate surface area is 108 Å². The van der Waals surface area contributed by atoms with Gasteiger partial charge in [0.2, 0.25) is 0 Å². The Morgan fingerprint density at radius 1 is 1.24 bits per heavy atom. The molecule has 0 aromatic rings.